The van der Waals surface area contributed by atoms with Crippen molar-refractivity contribution in [3.63, 3.8) is 0 Å². The summed E-state index contributed by atoms with van der Waals surface area (Å²) in [6.07, 6.45) is 4.92. The Labute approximate surface area is 152 Å². The molecule has 130 valence electrons. The van der Waals surface area contributed by atoms with Crippen LogP contribution in [0.1, 0.15) is 24.3 Å². The average Bonchev–Trinajstić information content (AvgIpc) is 3.33. The fourth-order valence-corrected chi connectivity index (χ4v) is 5.06. The van der Waals surface area contributed by atoms with Gasteiger partial charge in [-0.05, 0) is 49.5 Å². The van der Waals surface area contributed by atoms with Crippen LogP contribution >= 0.6 is 0 Å². The molecule has 0 radical (unpaired) electrons. The summed E-state index contributed by atoms with van der Waals surface area (Å²) in [4.78, 5) is 14.7. The second kappa shape index (κ2) is 5.45. The lowest BCUT2D eigenvalue weighted by molar-refractivity contribution is 0.0877. The molecule has 1 atom stereocenters. The molecule has 0 saturated carbocycles. The maximum Gasteiger partial charge on any atom is 0.138 e. The number of hydrogen-bond acceptors (Lipinski definition) is 2. The van der Waals surface area contributed by atoms with Gasteiger partial charge in [0.1, 0.15) is 5.82 Å². The zero-order chi connectivity index (χ0) is 17.1. The number of hydrogen-bond donors (Lipinski definition) is 2. The number of nitrogens with one attached hydrogen (secondary N) is 2. The standard InChI is InChI=1S/C22H22N4/c1-2-4-15(5-3-1)22-24-19-7-6-18-20(21(19)25-22)16(12-23-18)17-13-26-10-8-14(17)9-11-26/h1-7,12,14,17,23H,8-11,13H2,(H,24,25). The maximum absolute atomic E-state index is 5.01. The van der Waals surface area contributed by atoms with E-state index in [9.17, 15) is 0 Å². The monoisotopic (exact) mass is 342 g/mol. The summed E-state index contributed by atoms with van der Waals surface area (Å²) in [6, 6.07) is 14.7. The average molecular weight is 342 g/mol. The first kappa shape index (κ1) is 14.6. The number of aromatic nitrogens is 3. The fourth-order valence-electron chi connectivity index (χ4n) is 5.06. The van der Waals surface area contributed by atoms with Crippen LogP contribution in [-0.2, 0) is 0 Å². The highest BCUT2D eigenvalue weighted by Crippen LogP contribution is 2.42. The van der Waals surface area contributed by atoms with E-state index in [0.717, 1.165) is 28.3 Å². The van der Waals surface area contributed by atoms with E-state index < -0.39 is 0 Å². The Balaban J connectivity index is 1.54. The summed E-state index contributed by atoms with van der Waals surface area (Å²) in [5.74, 6) is 2.41. The van der Waals surface area contributed by atoms with E-state index in [0.29, 0.717) is 5.92 Å². The fraction of sp³-hybridized carbons (Fsp3) is 0.318. The van der Waals surface area contributed by atoms with Crippen molar-refractivity contribution in [2.75, 3.05) is 19.6 Å². The van der Waals surface area contributed by atoms with Crippen LogP contribution in [-0.4, -0.2) is 39.5 Å². The van der Waals surface area contributed by atoms with Crippen molar-refractivity contribution in [1.29, 1.82) is 0 Å². The topological polar surface area (TPSA) is 47.7 Å². The lowest BCUT2D eigenvalue weighted by atomic mass is 9.75. The van der Waals surface area contributed by atoms with E-state index >= 15 is 0 Å². The molecule has 3 aliphatic rings. The van der Waals surface area contributed by atoms with Gasteiger partial charge in [-0.1, -0.05) is 30.3 Å². The molecule has 5 heterocycles. The quantitative estimate of drug-likeness (QED) is 0.563. The third-order valence-corrected chi connectivity index (χ3v) is 6.43. The highest BCUT2D eigenvalue weighted by Gasteiger charge is 2.36. The van der Waals surface area contributed by atoms with Crippen molar-refractivity contribution in [2.45, 2.75) is 18.8 Å². The third-order valence-electron chi connectivity index (χ3n) is 6.43. The van der Waals surface area contributed by atoms with E-state index in [2.05, 4.69) is 57.5 Å². The first-order chi connectivity index (χ1) is 12.9. The first-order valence-electron chi connectivity index (χ1n) is 9.64. The van der Waals surface area contributed by atoms with Crippen molar-refractivity contribution in [3.05, 3.63) is 54.2 Å². The Morgan fingerprint density at radius 3 is 2.54 bits per heavy atom. The lowest BCUT2D eigenvalue weighted by Gasteiger charge is -2.44. The molecule has 2 bridgehead atoms. The Morgan fingerprint density at radius 1 is 0.962 bits per heavy atom. The van der Waals surface area contributed by atoms with Crippen LogP contribution in [0.15, 0.2) is 48.7 Å². The molecule has 2 aromatic carbocycles. The molecule has 26 heavy (non-hydrogen) atoms. The van der Waals surface area contributed by atoms with Gasteiger partial charge in [0.25, 0.3) is 0 Å². The highest BCUT2D eigenvalue weighted by atomic mass is 15.1. The number of aromatic amines is 2. The molecular weight excluding hydrogens is 320 g/mol. The smallest absolute Gasteiger partial charge is 0.138 e. The van der Waals surface area contributed by atoms with Crippen molar-refractivity contribution in [1.82, 2.24) is 19.9 Å². The van der Waals surface area contributed by atoms with Crippen LogP contribution in [0, 0.1) is 5.92 Å². The van der Waals surface area contributed by atoms with Gasteiger partial charge in [-0.3, -0.25) is 0 Å². The minimum absolute atomic E-state index is 0.633. The molecule has 0 spiro atoms. The van der Waals surface area contributed by atoms with Crippen LogP contribution in [0.25, 0.3) is 33.3 Å². The van der Waals surface area contributed by atoms with E-state index in [-0.39, 0.29) is 0 Å². The summed E-state index contributed by atoms with van der Waals surface area (Å²) >= 11 is 0. The van der Waals surface area contributed by atoms with Gasteiger partial charge in [0.05, 0.1) is 11.0 Å². The number of nitrogens with zero attached hydrogens (tertiary/aromatic N) is 2. The Morgan fingerprint density at radius 2 is 1.77 bits per heavy atom. The summed E-state index contributed by atoms with van der Waals surface area (Å²) in [6.45, 7) is 3.75. The molecular formula is C22H22N4. The predicted molar refractivity (Wildman–Crippen MR) is 105 cm³/mol. The van der Waals surface area contributed by atoms with Gasteiger partial charge in [0.2, 0.25) is 0 Å². The number of imidazole rings is 1. The molecule has 3 saturated heterocycles. The zero-order valence-electron chi connectivity index (χ0n) is 14.7. The van der Waals surface area contributed by atoms with E-state index in [1.54, 1.807) is 0 Å². The van der Waals surface area contributed by atoms with Crippen LogP contribution in [0.3, 0.4) is 0 Å². The largest absolute Gasteiger partial charge is 0.361 e. The molecule has 4 nitrogen and oxygen atoms in total. The second-order valence-electron chi connectivity index (χ2n) is 7.82. The van der Waals surface area contributed by atoms with Crippen LogP contribution < -0.4 is 0 Å². The maximum atomic E-state index is 5.01. The van der Waals surface area contributed by atoms with Gasteiger partial charge >= 0.3 is 0 Å². The normalized spacial score (nSPS) is 25.3. The van der Waals surface area contributed by atoms with Crippen LogP contribution in [0.5, 0.6) is 0 Å². The summed E-state index contributed by atoms with van der Waals surface area (Å²) < 4.78 is 0. The highest BCUT2D eigenvalue weighted by molar-refractivity contribution is 6.06. The minimum Gasteiger partial charge on any atom is -0.361 e. The molecule has 0 aliphatic carbocycles. The molecule has 0 amide bonds. The first-order valence-corrected chi connectivity index (χ1v) is 9.64. The van der Waals surface area contributed by atoms with Crippen molar-refractivity contribution >= 4 is 21.9 Å². The van der Waals surface area contributed by atoms with Gasteiger partial charge in [-0.25, -0.2) is 4.98 Å². The van der Waals surface area contributed by atoms with Gasteiger partial charge in [-0.2, -0.15) is 0 Å². The van der Waals surface area contributed by atoms with Gasteiger partial charge in [0.15, 0.2) is 0 Å². The number of benzene rings is 2. The number of piperidine rings is 3. The molecule has 1 unspecified atom stereocenters. The van der Waals surface area contributed by atoms with E-state index in [1.807, 2.05) is 6.07 Å². The SMILES string of the molecule is c1ccc(-c2nc3c(ccc4[nH]cc(C5CN6CCC5CC6)c43)[nH]2)cc1. The molecule has 4 heteroatoms. The molecule has 3 fully saturated rings. The number of H-pyrrole nitrogens is 2. The Kier molecular flexibility index (Phi) is 3.05. The molecule has 7 rings (SSSR count). The second-order valence-corrected chi connectivity index (χ2v) is 7.82. The minimum atomic E-state index is 0.633. The van der Waals surface area contributed by atoms with Gasteiger partial charge in [-0.15, -0.1) is 0 Å². The Bertz CT molecular complexity index is 1080. The number of rotatable bonds is 2. The van der Waals surface area contributed by atoms with E-state index in [1.165, 1.54) is 48.9 Å². The Hall–Kier alpha value is -2.59. The lowest BCUT2D eigenvalue weighted by Crippen LogP contribution is -2.46. The summed E-state index contributed by atoms with van der Waals surface area (Å²) in [7, 11) is 0. The predicted octanol–water partition coefficient (Wildman–Crippen LogP) is 4.52. The summed E-state index contributed by atoms with van der Waals surface area (Å²) in [5.41, 5.74) is 6.03. The third kappa shape index (κ3) is 2.08. The molecule has 3 aliphatic heterocycles. The molecule has 2 N–H and O–H groups in total. The van der Waals surface area contributed by atoms with Crippen LogP contribution in [0.2, 0.25) is 0 Å². The molecule has 4 aromatic rings. The van der Waals surface area contributed by atoms with Gasteiger partial charge < -0.3 is 14.9 Å². The van der Waals surface area contributed by atoms with Crippen molar-refractivity contribution in [3.8, 4) is 11.4 Å². The van der Waals surface area contributed by atoms with Gasteiger partial charge in [0, 0.05) is 35.1 Å². The zero-order valence-corrected chi connectivity index (χ0v) is 14.7. The van der Waals surface area contributed by atoms with Crippen molar-refractivity contribution in [2.24, 2.45) is 5.92 Å². The van der Waals surface area contributed by atoms with Crippen LogP contribution in [0.4, 0.5) is 0 Å². The number of fused-ring (bicyclic) bond motifs is 6. The summed E-state index contributed by atoms with van der Waals surface area (Å²) in [5, 5.41) is 1.32. The van der Waals surface area contributed by atoms with Crippen molar-refractivity contribution < 1.29 is 0 Å². The molecule has 2 aromatic heterocycles. The van der Waals surface area contributed by atoms with E-state index in [4.69, 9.17) is 4.98 Å².